The Hall–Kier alpha value is -0.120. The number of nitrogens with one attached hydrogen (secondary N) is 1. The molecule has 0 aromatic heterocycles. The van der Waals surface area contributed by atoms with Crippen LogP contribution >= 0.6 is 0 Å². The SMILES string of the molecule is CC(C)CC(C)N(C)CCC(C)(CO)NC1CC1. The summed E-state index contributed by atoms with van der Waals surface area (Å²) in [5.74, 6) is 0.747. The van der Waals surface area contributed by atoms with Crippen LogP contribution in [0.2, 0.25) is 0 Å². The number of aliphatic hydroxyl groups excluding tert-OH is 1. The molecule has 0 saturated heterocycles. The molecule has 1 rings (SSSR count). The maximum Gasteiger partial charge on any atom is 0.0611 e. The van der Waals surface area contributed by atoms with E-state index in [4.69, 9.17) is 0 Å². The zero-order valence-corrected chi connectivity index (χ0v) is 12.9. The predicted octanol–water partition coefficient (Wildman–Crippen LogP) is 2.25. The summed E-state index contributed by atoms with van der Waals surface area (Å²) in [4.78, 5) is 2.42. The van der Waals surface area contributed by atoms with Crippen LogP contribution in [0.1, 0.15) is 53.4 Å². The van der Waals surface area contributed by atoms with Crippen LogP contribution in [0.5, 0.6) is 0 Å². The van der Waals surface area contributed by atoms with Gasteiger partial charge in [-0.25, -0.2) is 0 Å². The van der Waals surface area contributed by atoms with Crippen molar-refractivity contribution in [1.29, 1.82) is 0 Å². The van der Waals surface area contributed by atoms with Crippen molar-refractivity contribution in [2.45, 2.75) is 71.0 Å². The van der Waals surface area contributed by atoms with Crippen molar-refractivity contribution in [3.8, 4) is 0 Å². The zero-order chi connectivity index (χ0) is 13.8. The molecule has 3 nitrogen and oxygen atoms in total. The van der Waals surface area contributed by atoms with Crippen molar-refractivity contribution in [2.75, 3.05) is 20.2 Å². The van der Waals surface area contributed by atoms with E-state index in [2.05, 4.69) is 45.0 Å². The van der Waals surface area contributed by atoms with Gasteiger partial charge in [0, 0.05) is 17.6 Å². The third-order valence-corrected chi connectivity index (χ3v) is 4.06. The molecule has 0 aromatic carbocycles. The summed E-state index contributed by atoms with van der Waals surface area (Å²) < 4.78 is 0. The van der Waals surface area contributed by atoms with Gasteiger partial charge in [-0.05, 0) is 59.0 Å². The van der Waals surface area contributed by atoms with Crippen molar-refractivity contribution >= 4 is 0 Å². The van der Waals surface area contributed by atoms with Gasteiger partial charge in [0.1, 0.15) is 0 Å². The van der Waals surface area contributed by atoms with Gasteiger partial charge in [-0.15, -0.1) is 0 Å². The van der Waals surface area contributed by atoms with Gasteiger partial charge in [-0.3, -0.25) is 0 Å². The van der Waals surface area contributed by atoms with Crippen LogP contribution in [0.25, 0.3) is 0 Å². The molecule has 0 amide bonds. The summed E-state index contributed by atoms with van der Waals surface area (Å²) in [6, 6.07) is 1.27. The lowest BCUT2D eigenvalue weighted by molar-refractivity contribution is 0.137. The van der Waals surface area contributed by atoms with Crippen LogP contribution in [0.4, 0.5) is 0 Å². The molecule has 18 heavy (non-hydrogen) atoms. The molecule has 0 aliphatic heterocycles. The fourth-order valence-corrected chi connectivity index (χ4v) is 2.42. The molecule has 1 aliphatic carbocycles. The highest BCUT2D eigenvalue weighted by atomic mass is 16.3. The molecule has 1 saturated carbocycles. The average molecular weight is 256 g/mol. The number of rotatable bonds is 9. The first kappa shape index (κ1) is 15.9. The van der Waals surface area contributed by atoms with Gasteiger partial charge < -0.3 is 15.3 Å². The molecule has 0 heterocycles. The molecule has 108 valence electrons. The molecule has 1 aliphatic rings. The van der Waals surface area contributed by atoms with E-state index in [1.54, 1.807) is 0 Å². The van der Waals surface area contributed by atoms with Crippen LogP contribution in [-0.2, 0) is 0 Å². The summed E-state index contributed by atoms with van der Waals surface area (Å²) in [7, 11) is 2.20. The second-order valence-corrected chi connectivity index (χ2v) is 6.85. The van der Waals surface area contributed by atoms with Gasteiger partial charge >= 0.3 is 0 Å². The Morgan fingerprint density at radius 2 is 1.94 bits per heavy atom. The van der Waals surface area contributed by atoms with Crippen molar-refractivity contribution in [3.63, 3.8) is 0 Å². The van der Waals surface area contributed by atoms with E-state index in [9.17, 15) is 5.11 Å². The molecule has 2 atom stereocenters. The van der Waals surface area contributed by atoms with Gasteiger partial charge in [-0.1, -0.05) is 13.8 Å². The number of hydrogen-bond acceptors (Lipinski definition) is 3. The molecule has 0 aromatic rings. The highest BCUT2D eigenvalue weighted by Crippen LogP contribution is 2.24. The van der Waals surface area contributed by atoms with Gasteiger partial charge in [0.2, 0.25) is 0 Å². The maximum absolute atomic E-state index is 9.58. The minimum atomic E-state index is -0.104. The molecular weight excluding hydrogens is 224 g/mol. The summed E-state index contributed by atoms with van der Waals surface area (Å²) in [6.45, 7) is 10.3. The predicted molar refractivity (Wildman–Crippen MR) is 77.8 cm³/mol. The van der Waals surface area contributed by atoms with E-state index in [1.807, 2.05) is 0 Å². The number of nitrogens with zero attached hydrogens (tertiary/aromatic N) is 1. The van der Waals surface area contributed by atoms with Crippen molar-refractivity contribution in [3.05, 3.63) is 0 Å². The first-order chi connectivity index (χ1) is 8.36. The lowest BCUT2D eigenvalue weighted by atomic mass is 9.97. The topological polar surface area (TPSA) is 35.5 Å². The second kappa shape index (κ2) is 6.88. The average Bonchev–Trinajstić information content (AvgIpc) is 3.08. The minimum Gasteiger partial charge on any atom is -0.394 e. The molecule has 2 N–H and O–H groups in total. The Kier molecular flexibility index (Phi) is 6.09. The smallest absolute Gasteiger partial charge is 0.0611 e. The number of hydrogen-bond donors (Lipinski definition) is 2. The third-order valence-electron chi connectivity index (χ3n) is 4.06. The summed E-state index contributed by atoms with van der Waals surface area (Å²) in [5, 5.41) is 13.2. The molecule has 1 fully saturated rings. The van der Waals surface area contributed by atoms with Crippen molar-refractivity contribution in [2.24, 2.45) is 5.92 Å². The highest BCUT2D eigenvalue weighted by Gasteiger charge is 2.32. The monoisotopic (exact) mass is 256 g/mol. The molecule has 0 spiro atoms. The van der Waals surface area contributed by atoms with Gasteiger partial charge in [0.15, 0.2) is 0 Å². The summed E-state index contributed by atoms with van der Waals surface area (Å²) in [5.41, 5.74) is -0.104. The van der Waals surface area contributed by atoms with E-state index >= 15 is 0 Å². The highest BCUT2D eigenvalue weighted by molar-refractivity contribution is 4.92. The van der Waals surface area contributed by atoms with Crippen molar-refractivity contribution < 1.29 is 5.11 Å². The zero-order valence-electron chi connectivity index (χ0n) is 12.9. The second-order valence-electron chi connectivity index (χ2n) is 6.85. The van der Waals surface area contributed by atoms with E-state index in [-0.39, 0.29) is 12.1 Å². The van der Waals surface area contributed by atoms with E-state index in [0.717, 1.165) is 18.9 Å². The maximum atomic E-state index is 9.58. The fraction of sp³-hybridized carbons (Fsp3) is 1.00. The van der Waals surface area contributed by atoms with Crippen LogP contribution in [0, 0.1) is 5.92 Å². The van der Waals surface area contributed by atoms with Crippen molar-refractivity contribution in [1.82, 2.24) is 10.2 Å². The molecule has 0 bridgehead atoms. The van der Waals surface area contributed by atoms with E-state index in [0.29, 0.717) is 12.1 Å². The minimum absolute atomic E-state index is 0.104. The first-order valence-corrected chi connectivity index (χ1v) is 7.45. The molecular formula is C15H32N2O. The van der Waals surface area contributed by atoms with Gasteiger partial charge in [-0.2, -0.15) is 0 Å². The third kappa shape index (κ3) is 5.68. The van der Waals surface area contributed by atoms with E-state index < -0.39 is 0 Å². The number of aliphatic hydroxyl groups is 1. The van der Waals surface area contributed by atoms with Gasteiger partial charge in [0.05, 0.1) is 6.61 Å². The molecule has 2 unspecified atom stereocenters. The Morgan fingerprint density at radius 3 is 2.39 bits per heavy atom. The Bertz CT molecular complexity index is 241. The standard InChI is InChI=1S/C15H32N2O/c1-12(2)10-13(3)17(5)9-8-15(4,11-18)16-14-6-7-14/h12-14,16,18H,6-11H2,1-5H3. The lowest BCUT2D eigenvalue weighted by Gasteiger charge is -2.33. The first-order valence-electron chi connectivity index (χ1n) is 7.45. The fourth-order valence-electron chi connectivity index (χ4n) is 2.42. The lowest BCUT2D eigenvalue weighted by Crippen LogP contribution is -2.49. The Labute approximate surface area is 113 Å². The normalized spacial score (nSPS) is 21.3. The van der Waals surface area contributed by atoms with Crippen LogP contribution in [0.15, 0.2) is 0 Å². The molecule has 0 radical (unpaired) electrons. The van der Waals surface area contributed by atoms with Crippen LogP contribution < -0.4 is 5.32 Å². The van der Waals surface area contributed by atoms with Crippen LogP contribution in [0.3, 0.4) is 0 Å². The van der Waals surface area contributed by atoms with Gasteiger partial charge in [0.25, 0.3) is 0 Å². The largest absolute Gasteiger partial charge is 0.394 e. The van der Waals surface area contributed by atoms with Crippen LogP contribution in [-0.4, -0.2) is 47.8 Å². The Balaban J connectivity index is 2.31. The quantitative estimate of drug-likeness (QED) is 0.664. The molecule has 3 heteroatoms. The Morgan fingerprint density at radius 1 is 1.33 bits per heavy atom. The summed E-state index contributed by atoms with van der Waals surface area (Å²) in [6.07, 6.45) is 4.80. The van der Waals surface area contributed by atoms with E-state index in [1.165, 1.54) is 19.3 Å². The summed E-state index contributed by atoms with van der Waals surface area (Å²) >= 11 is 0.